The second kappa shape index (κ2) is 8.35. The van der Waals surface area contributed by atoms with Crippen LogP contribution >= 0.6 is 23.1 Å². The highest BCUT2D eigenvalue weighted by Crippen LogP contribution is 2.29. The Balaban J connectivity index is 2.75. The molecule has 0 aliphatic rings. The van der Waals surface area contributed by atoms with E-state index >= 15 is 0 Å². The second-order valence-corrected chi connectivity index (χ2v) is 6.59. The Hall–Kier alpha value is -0.960. The van der Waals surface area contributed by atoms with Crippen molar-refractivity contribution in [2.45, 2.75) is 31.4 Å². The number of carbonyl (C=O) groups is 1. The fraction of sp³-hybridized carbons (Fsp3) is 0.533. The Labute approximate surface area is 129 Å². The number of hydrogen-bond donors (Lipinski definition) is 2. The Morgan fingerprint density at radius 2 is 2.20 bits per heavy atom. The van der Waals surface area contributed by atoms with Crippen LogP contribution in [0.5, 0.6) is 0 Å². The maximum Gasteiger partial charge on any atom is 0.262 e. The molecule has 0 radical (unpaired) electrons. The van der Waals surface area contributed by atoms with Crippen molar-refractivity contribution in [3.63, 3.8) is 0 Å². The van der Waals surface area contributed by atoms with Gasteiger partial charge in [0.25, 0.3) is 5.91 Å². The minimum Gasteiger partial charge on any atom is -0.384 e. The zero-order valence-electron chi connectivity index (χ0n) is 12.2. The van der Waals surface area contributed by atoms with Gasteiger partial charge in [0, 0.05) is 16.9 Å². The first-order valence-corrected chi connectivity index (χ1v) is 8.73. The lowest BCUT2D eigenvalue weighted by atomic mass is 10.0. The van der Waals surface area contributed by atoms with Crippen molar-refractivity contribution >= 4 is 29.0 Å². The maximum absolute atomic E-state index is 12.2. The number of thiophene rings is 1. The van der Waals surface area contributed by atoms with E-state index in [9.17, 15) is 4.79 Å². The summed E-state index contributed by atoms with van der Waals surface area (Å²) in [5.41, 5.74) is 0.685. The number of aliphatic hydroxyl groups excluding tert-OH is 1. The molecule has 1 amide bonds. The van der Waals surface area contributed by atoms with Crippen molar-refractivity contribution in [3.05, 3.63) is 21.9 Å². The summed E-state index contributed by atoms with van der Waals surface area (Å²) in [7, 11) is 0. The van der Waals surface area contributed by atoms with Gasteiger partial charge in [0.05, 0.1) is 0 Å². The Morgan fingerprint density at radius 1 is 1.50 bits per heavy atom. The first kappa shape index (κ1) is 17.1. The highest BCUT2D eigenvalue weighted by Gasteiger charge is 2.26. The number of hydrogen-bond acceptors (Lipinski definition) is 4. The van der Waals surface area contributed by atoms with E-state index in [4.69, 9.17) is 5.11 Å². The number of rotatable bonds is 6. The van der Waals surface area contributed by atoms with Crippen LogP contribution in [0.4, 0.5) is 0 Å². The molecule has 20 heavy (non-hydrogen) atoms. The van der Waals surface area contributed by atoms with Gasteiger partial charge in [-0.1, -0.05) is 25.7 Å². The minimum atomic E-state index is -0.196. The standard InChI is InChI=1S/C15H21NO2S2/c1-4-15(5-2,19-3)11-16-14(18)13-12(7-6-9-17)8-10-20-13/h8,10,17H,4-5,9,11H2,1-3H3,(H,16,18). The van der Waals surface area contributed by atoms with Gasteiger partial charge in [0.1, 0.15) is 11.5 Å². The quantitative estimate of drug-likeness (QED) is 0.794. The van der Waals surface area contributed by atoms with Gasteiger partial charge < -0.3 is 10.4 Å². The fourth-order valence-corrected chi connectivity index (χ4v) is 3.46. The van der Waals surface area contributed by atoms with Gasteiger partial charge in [-0.3, -0.25) is 4.79 Å². The monoisotopic (exact) mass is 311 g/mol. The molecule has 0 atom stereocenters. The van der Waals surface area contributed by atoms with Crippen molar-refractivity contribution in [1.82, 2.24) is 5.32 Å². The molecule has 0 aromatic carbocycles. The van der Waals surface area contributed by atoms with E-state index in [-0.39, 0.29) is 17.3 Å². The van der Waals surface area contributed by atoms with Crippen LogP contribution in [-0.4, -0.2) is 35.2 Å². The molecule has 0 unspecified atom stereocenters. The normalized spacial score (nSPS) is 10.8. The van der Waals surface area contributed by atoms with Gasteiger partial charge in [-0.25, -0.2) is 0 Å². The molecule has 0 saturated heterocycles. The van der Waals surface area contributed by atoms with Crippen LogP contribution in [-0.2, 0) is 0 Å². The summed E-state index contributed by atoms with van der Waals surface area (Å²) in [5, 5.41) is 13.6. The van der Waals surface area contributed by atoms with Gasteiger partial charge in [-0.05, 0) is 30.5 Å². The van der Waals surface area contributed by atoms with Crippen molar-refractivity contribution in [2.24, 2.45) is 0 Å². The van der Waals surface area contributed by atoms with Crippen LogP contribution in [0.25, 0.3) is 0 Å². The molecule has 0 aliphatic heterocycles. The topological polar surface area (TPSA) is 49.3 Å². The highest BCUT2D eigenvalue weighted by molar-refractivity contribution is 8.00. The molecule has 5 heteroatoms. The third-order valence-corrected chi connectivity index (χ3v) is 5.97. The SMILES string of the molecule is CCC(CC)(CNC(=O)c1sccc1C#CCO)SC. The Bertz CT molecular complexity index is 487. The molecule has 110 valence electrons. The van der Waals surface area contributed by atoms with E-state index in [1.165, 1.54) is 11.3 Å². The van der Waals surface area contributed by atoms with Crippen LogP contribution < -0.4 is 5.32 Å². The molecular formula is C15H21NO2S2. The van der Waals surface area contributed by atoms with Gasteiger partial charge in [-0.2, -0.15) is 11.8 Å². The second-order valence-electron chi connectivity index (χ2n) is 4.40. The van der Waals surface area contributed by atoms with E-state index in [0.29, 0.717) is 17.0 Å². The van der Waals surface area contributed by atoms with Crippen LogP contribution in [0.2, 0.25) is 0 Å². The van der Waals surface area contributed by atoms with E-state index in [0.717, 1.165) is 12.8 Å². The summed E-state index contributed by atoms with van der Waals surface area (Å²) in [6, 6.07) is 1.81. The van der Waals surface area contributed by atoms with Crippen molar-refractivity contribution < 1.29 is 9.90 Å². The van der Waals surface area contributed by atoms with E-state index in [2.05, 4.69) is 37.3 Å². The Kier molecular flexibility index (Phi) is 7.14. The molecule has 0 spiro atoms. The lowest BCUT2D eigenvalue weighted by molar-refractivity contribution is 0.0953. The predicted molar refractivity (Wildman–Crippen MR) is 87.4 cm³/mol. The van der Waals surface area contributed by atoms with Crippen LogP contribution in [0, 0.1) is 11.8 Å². The maximum atomic E-state index is 12.2. The number of carbonyl (C=O) groups excluding carboxylic acids is 1. The third-order valence-electron chi connectivity index (χ3n) is 3.47. The zero-order chi connectivity index (χ0) is 15.0. The lowest BCUT2D eigenvalue weighted by Crippen LogP contribution is -2.39. The molecule has 0 aliphatic carbocycles. The number of thioether (sulfide) groups is 1. The summed E-state index contributed by atoms with van der Waals surface area (Å²) in [6.45, 7) is 4.76. The smallest absolute Gasteiger partial charge is 0.262 e. The summed E-state index contributed by atoms with van der Waals surface area (Å²) >= 11 is 3.18. The van der Waals surface area contributed by atoms with Crippen molar-refractivity contribution in [2.75, 3.05) is 19.4 Å². The highest BCUT2D eigenvalue weighted by atomic mass is 32.2. The zero-order valence-corrected chi connectivity index (χ0v) is 13.8. The molecular weight excluding hydrogens is 290 g/mol. The molecule has 0 bridgehead atoms. The van der Waals surface area contributed by atoms with Gasteiger partial charge in [-0.15, -0.1) is 11.3 Å². The molecule has 2 N–H and O–H groups in total. The number of nitrogens with one attached hydrogen (secondary N) is 1. The molecule has 1 rings (SSSR count). The lowest BCUT2D eigenvalue weighted by Gasteiger charge is -2.29. The average Bonchev–Trinajstić information content (AvgIpc) is 2.95. The first-order chi connectivity index (χ1) is 9.62. The predicted octanol–water partition coefficient (Wildman–Crippen LogP) is 2.74. The fourth-order valence-electron chi connectivity index (χ4n) is 1.90. The number of aliphatic hydroxyl groups is 1. The summed E-state index contributed by atoms with van der Waals surface area (Å²) in [5.74, 6) is 5.31. The average molecular weight is 311 g/mol. The van der Waals surface area contributed by atoms with E-state index in [1.807, 2.05) is 11.4 Å². The first-order valence-electron chi connectivity index (χ1n) is 6.63. The largest absolute Gasteiger partial charge is 0.384 e. The van der Waals surface area contributed by atoms with E-state index < -0.39 is 0 Å². The van der Waals surface area contributed by atoms with Crippen LogP contribution in [0.15, 0.2) is 11.4 Å². The summed E-state index contributed by atoms with van der Waals surface area (Å²) in [4.78, 5) is 12.9. The van der Waals surface area contributed by atoms with Gasteiger partial charge in [0.15, 0.2) is 0 Å². The van der Waals surface area contributed by atoms with Crippen LogP contribution in [0.3, 0.4) is 0 Å². The van der Waals surface area contributed by atoms with Gasteiger partial charge in [0.2, 0.25) is 0 Å². The molecule has 0 saturated carbocycles. The van der Waals surface area contributed by atoms with Crippen molar-refractivity contribution in [1.29, 1.82) is 0 Å². The van der Waals surface area contributed by atoms with Crippen LogP contribution in [0.1, 0.15) is 41.9 Å². The Morgan fingerprint density at radius 3 is 2.75 bits per heavy atom. The van der Waals surface area contributed by atoms with Crippen molar-refractivity contribution in [3.8, 4) is 11.8 Å². The minimum absolute atomic E-state index is 0.0810. The molecule has 3 nitrogen and oxygen atoms in total. The summed E-state index contributed by atoms with van der Waals surface area (Å²) in [6.07, 6.45) is 4.13. The molecule has 1 aromatic heterocycles. The third kappa shape index (κ3) is 4.27. The summed E-state index contributed by atoms with van der Waals surface area (Å²) < 4.78 is 0.101. The molecule has 0 fully saturated rings. The van der Waals surface area contributed by atoms with E-state index in [1.54, 1.807) is 11.8 Å². The number of amides is 1. The van der Waals surface area contributed by atoms with Gasteiger partial charge >= 0.3 is 0 Å². The molecule has 1 aromatic rings. The molecule has 1 heterocycles.